The van der Waals surface area contributed by atoms with Crippen molar-refractivity contribution in [3.05, 3.63) is 0 Å². The number of nitrogens with zero attached hydrogens (tertiary/aromatic N) is 1. The van der Waals surface area contributed by atoms with Crippen LogP contribution in [0.3, 0.4) is 0 Å². The molecular weight excluding hydrogens is 161 g/mol. The molecule has 1 nitrogen and oxygen atoms in total. The van der Waals surface area contributed by atoms with Crippen molar-refractivity contribution in [1.29, 1.82) is 0 Å². The van der Waals surface area contributed by atoms with E-state index >= 15 is 0 Å². The fraction of sp³-hybridized carbons (Fsp3) is 0.800. The minimum Gasteiger partial charge on any atom is -0.358 e. The van der Waals surface area contributed by atoms with Gasteiger partial charge in [0.1, 0.15) is 4.32 Å². The third kappa shape index (κ3) is 5.67. The van der Waals surface area contributed by atoms with Gasteiger partial charge in [0.2, 0.25) is 0 Å². The monoisotopic (exact) mass is 172 g/mol. The van der Waals surface area contributed by atoms with Gasteiger partial charge >= 0.3 is 29.6 Å². The summed E-state index contributed by atoms with van der Waals surface area (Å²) in [5.41, 5.74) is 0. The molecular formula is C5H11NNaS2+. The quantitative estimate of drug-likeness (QED) is 0.308. The van der Waals surface area contributed by atoms with Gasteiger partial charge in [-0.05, 0) is 13.8 Å². The van der Waals surface area contributed by atoms with Gasteiger partial charge < -0.3 is 4.90 Å². The molecule has 0 N–H and O–H groups in total. The first-order valence-corrected chi connectivity index (χ1v) is 3.55. The number of hydrogen-bond acceptors (Lipinski definition) is 1. The second kappa shape index (κ2) is 7.35. The molecule has 0 aliphatic heterocycles. The summed E-state index contributed by atoms with van der Waals surface area (Å²) in [5, 5.41) is 0. The Morgan fingerprint density at radius 1 is 1.44 bits per heavy atom. The molecule has 0 saturated carbocycles. The second-order valence-electron chi connectivity index (χ2n) is 1.45. The topological polar surface area (TPSA) is 3.24 Å². The molecule has 0 aromatic heterocycles. The third-order valence-corrected chi connectivity index (χ3v) is 1.58. The summed E-state index contributed by atoms with van der Waals surface area (Å²) in [6.07, 6.45) is 0. The zero-order chi connectivity index (χ0) is 6.57. The van der Waals surface area contributed by atoms with Crippen molar-refractivity contribution in [2.45, 2.75) is 13.8 Å². The van der Waals surface area contributed by atoms with Gasteiger partial charge in [0.15, 0.2) is 0 Å². The van der Waals surface area contributed by atoms with Crippen LogP contribution in [-0.4, -0.2) is 22.3 Å². The SMILES string of the molecule is CCN(CC)C(=S)S.[Na+]. The zero-order valence-electron chi connectivity index (χ0n) is 6.22. The van der Waals surface area contributed by atoms with E-state index in [1.54, 1.807) is 0 Å². The summed E-state index contributed by atoms with van der Waals surface area (Å²) in [6.45, 7) is 6.04. The maximum absolute atomic E-state index is 4.81. The molecule has 0 radical (unpaired) electrons. The van der Waals surface area contributed by atoms with Crippen LogP contribution in [0, 0.1) is 0 Å². The Morgan fingerprint density at radius 3 is 1.78 bits per heavy atom. The molecule has 0 rings (SSSR count). The van der Waals surface area contributed by atoms with Gasteiger partial charge in [-0.2, -0.15) is 0 Å². The van der Waals surface area contributed by atoms with Crippen molar-refractivity contribution >= 4 is 29.2 Å². The molecule has 9 heavy (non-hydrogen) atoms. The summed E-state index contributed by atoms with van der Waals surface area (Å²) in [5.74, 6) is 0. The Kier molecular flexibility index (Phi) is 10.5. The number of thiol groups is 1. The molecule has 4 heteroatoms. The molecule has 0 aromatic carbocycles. The number of hydrogen-bond donors (Lipinski definition) is 1. The summed E-state index contributed by atoms with van der Waals surface area (Å²) in [7, 11) is 0. The van der Waals surface area contributed by atoms with Crippen LogP contribution in [0.25, 0.3) is 0 Å². The predicted molar refractivity (Wildman–Crippen MR) is 44.5 cm³/mol. The van der Waals surface area contributed by atoms with Crippen LogP contribution >= 0.6 is 24.8 Å². The van der Waals surface area contributed by atoms with Gasteiger partial charge in [0, 0.05) is 13.1 Å². The Bertz CT molecular complexity index is 83.0. The molecule has 0 unspecified atom stereocenters. The molecule has 0 aliphatic rings. The van der Waals surface area contributed by atoms with E-state index in [1.807, 2.05) is 4.90 Å². The molecule has 48 valence electrons. The van der Waals surface area contributed by atoms with Crippen molar-refractivity contribution in [3.63, 3.8) is 0 Å². The van der Waals surface area contributed by atoms with Crippen LogP contribution in [-0.2, 0) is 0 Å². The average molecular weight is 172 g/mol. The van der Waals surface area contributed by atoms with E-state index in [2.05, 4.69) is 26.5 Å². The van der Waals surface area contributed by atoms with Gasteiger partial charge in [0.05, 0.1) is 0 Å². The van der Waals surface area contributed by atoms with Crippen molar-refractivity contribution < 1.29 is 29.6 Å². The Hall–Kier alpha value is 1.24. The van der Waals surface area contributed by atoms with E-state index in [0.717, 1.165) is 13.1 Å². The molecule has 0 saturated heterocycles. The first-order chi connectivity index (χ1) is 3.72. The fourth-order valence-electron chi connectivity index (χ4n) is 0.494. The van der Waals surface area contributed by atoms with Crippen molar-refractivity contribution in [3.8, 4) is 0 Å². The summed E-state index contributed by atoms with van der Waals surface area (Å²) in [6, 6.07) is 0. The third-order valence-electron chi connectivity index (χ3n) is 1.03. The molecule has 0 aliphatic carbocycles. The Labute approximate surface area is 89.9 Å². The number of rotatable bonds is 2. The van der Waals surface area contributed by atoms with E-state index in [9.17, 15) is 0 Å². The Balaban J connectivity index is 0. The van der Waals surface area contributed by atoms with E-state index in [4.69, 9.17) is 12.2 Å². The smallest absolute Gasteiger partial charge is 0.358 e. The first kappa shape index (κ1) is 12.9. The minimum atomic E-state index is 0. The largest absolute Gasteiger partial charge is 1.00 e. The number of thiocarbonyl (C=S) groups is 1. The summed E-state index contributed by atoms with van der Waals surface area (Å²) < 4.78 is 0.690. The average Bonchev–Trinajstić information content (AvgIpc) is 1.69. The molecule has 0 spiro atoms. The molecule has 0 aromatic rings. The van der Waals surface area contributed by atoms with Crippen molar-refractivity contribution in [2.75, 3.05) is 13.1 Å². The Morgan fingerprint density at radius 2 is 1.78 bits per heavy atom. The van der Waals surface area contributed by atoms with Crippen molar-refractivity contribution in [1.82, 2.24) is 4.90 Å². The van der Waals surface area contributed by atoms with Crippen LogP contribution in [0.1, 0.15) is 13.8 Å². The van der Waals surface area contributed by atoms with E-state index in [0.29, 0.717) is 4.32 Å². The fourth-order valence-corrected chi connectivity index (χ4v) is 1.04. The van der Waals surface area contributed by atoms with Crippen LogP contribution in [0.5, 0.6) is 0 Å². The molecule has 0 heterocycles. The predicted octanol–water partition coefficient (Wildman–Crippen LogP) is -1.45. The van der Waals surface area contributed by atoms with Crippen LogP contribution < -0.4 is 29.6 Å². The van der Waals surface area contributed by atoms with E-state index in [-0.39, 0.29) is 29.6 Å². The van der Waals surface area contributed by atoms with Gasteiger partial charge in [-0.3, -0.25) is 0 Å². The van der Waals surface area contributed by atoms with Gasteiger partial charge in [0.25, 0.3) is 0 Å². The summed E-state index contributed by atoms with van der Waals surface area (Å²) in [4.78, 5) is 2.01. The summed E-state index contributed by atoms with van der Waals surface area (Å²) >= 11 is 8.82. The van der Waals surface area contributed by atoms with E-state index < -0.39 is 0 Å². The van der Waals surface area contributed by atoms with Crippen LogP contribution in [0.4, 0.5) is 0 Å². The van der Waals surface area contributed by atoms with Crippen molar-refractivity contribution in [2.24, 2.45) is 0 Å². The molecule has 0 amide bonds. The van der Waals surface area contributed by atoms with E-state index in [1.165, 1.54) is 0 Å². The molecule has 0 fully saturated rings. The van der Waals surface area contributed by atoms with Crippen LogP contribution in [0.15, 0.2) is 0 Å². The van der Waals surface area contributed by atoms with Crippen LogP contribution in [0.2, 0.25) is 0 Å². The maximum atomic E-state index is 4.81. The molecule has 0 atom stereocenters. The van der Waals surface area contributed by atoms with Gasteiger partial charge in [-0.25, -0.2) is 0 Å². The van der Waals surface area contributed by atoms with Gasteiger partial charge in [-0.1, -0.05) is 12.2 Å². The normalized spacial score (nSPS) is 7.89. The van der Waals surface area contributed by atoms with Gasteiger partial charge in [-0.15, -0.1) is 12.6 Å². The molecule has 0 bridgehead atoms. The second-order valence-corrected chi connectivity index (χ2v) is 2.57. The standard InChI is InChI=1S/C5H11NS2.Na/c1-3-6(4-2)5(7)8;/h3-4H2,1-2H3,(H,7,8);/q;+1. The first-order valence-electron chi connectivity index (χ1n) is 2.70. The minimum absolute atomic E-state index is 0. The maximum Gasteiger partial charge on any atom is 1.00 e. The zero-order valence-corrected chi connectivity index (χ0v) is 9.93.